The lowest BCUT2D eigenvalue weighted by molar-refractivity contribution is -0.134. The van der Waals surface area contributed by atoms with Crippen LogP contribution in [0.2, 0.25) is 5.02 Å². The number of piperidine rings is 1. The van der Waals surface area contributed by atoms with Crippen LogP contribution in [0.1, 0.15) is 62.7 Å². The van der Waals surface area contributed by atoms with E-state index in [1.54, 1.807) is 0 Å². The molecule has 4 heterocycles. The number of carbonyl (C=O) groups excluding carboxylic acids is 1. The highest BCUT2D eigenvalue weighted by Crippen LogP contribution is 2.47. The summed E-state index contributed by atoms with van der Waals surface area (Å²) in [6, 6.07) is 7.79. The highest BCUT2D eigenvalue weighted by atomic mass is 35.5. The van der Waals surface area contributed by atoms with Crippen molar-refractivity contribution in [1.29, 1.82) is 0 Å². The number of likely N-dealkylation sites (tertiary alicyclic amines) is 1. The molecule has 5 rings (SSSR count). The number of benzene rings is 1. The molecule has 0 radical (unpaired) electrons. The van der Waals surface area contributed by atoms with Crippen LogP contribution in [-0.4, -0.2) is 46.0 Å². The Hall–Kier alpha value is -1.52. The summed E-state index contributed by atoms with van der Waals surface area (Å²) in [4.78, 5) is 17.6. The van der Waals surface area contributed by atoms with Gasteiger partial charge in [0.1, 0.15) is 0 Å². The molecule has 2 fully saturated rings. The Morgan fingerprint density at radius 2 is 2.07 bits per heavy atom. The van der Waals surface area contributed by atoms with Crippen LogP contribution in [0.15, 0.2) is 18.2 Å². The maximum Gasteiger partial charge on any atom is 0.224 e. The maximum atomic E-state index is 12.9. The summed E-state index contributed by atoms with van der Waals surface area (Å²) < 4.78 is 2.44. The largest absolute Gasteiger partial charge is 0.344 e. The van der Waals surface area contributed by atoms with Crippen molar-refractivity contribution in [2.24, 2.45) is 0 Å². The third-order valence-corrected chi connectivity index (χ3v) is 7.69. The molecule has 2 bridgehead atoms. The molecular formula is C23H30ClN3O. The SMILES string of the molecule is C[C@H]1CCCCN1C(=O)CCn1c2c(c3cc(Cl)ccc31)C1CCC(C2)N1C. The van der Waals surface area contributed by atoms with Gasteiger partial charge in [-0.3, -0.25) is 9.69 Å². The van der Waals surface area contributed by atoms with Crippen molar-refractivity contribution >= 4 is 28.4 Å². The minimum Gasteiger partial charge on any atom is -0.344 e. The topological polar surface area (TPSA) is 28.5 Å². The summed E-state index contributed by atoms with van der Waals surface area (Å²) in [6.45, 7) is 3.90. The zero-order chi connectivity index (χ0) is 19.4. The Labute approximate surface area is 172 Å². The summed E-state index contributed by atoms with van der Waals surface area (Å²) in [7, 11) is 2.26. The van der Waals surface area contributed by atoms with Gasteiger partial charge in [0.15, 0.2) is 0 Å². The summed E-state index contributed by atoms with van der Waals surface area (Å²) in [6.07, 6.45) is 7.70. The normalized spacial score (nSPS) is 27.4. The molecule has 0 N–H and O–H groups in total. The number of amides is 1. The number of fused-ring (bicyclic) bond motifs is 6. The monoisotopic (exact) mass is 399 g/mol. The zero-order valence-corrected chi connectivity index (χ0v) is 17.7. The number of hydrogen-bond acceptors (Lipinski definition) is 2. The highest BCUT2D eigenvalue weighted by Gasteiger charge is 2.40. The van der Waals surface area contributed by atoms with Crippen LogP contribution < -0.4 is 0 Å². The molecule has 1 aromatic carbocycles. The van der Waals surface area contributed by atoms with Crippen LogP contribution in [0.5, 0.6) is 0 Å². The lowest BCUT2D eigenvalue weighted by atomic mass is 9.97. The quantitative estimate of drug-likeness (QED) is 0.743. The van der Waals surface area contributed by atoms with Gasteiger partial charge in [-0.25, -0.2) is 0 Å². The van der Waals surface area contributed by atoms with Gasteiger partial charge in [0.2, 0.25) is 5.91 Å². The summed E-state index contributed by atoms with van der Waals surface area (Å²) in [5, 5.41) is 2.09. The number of aryl methyl sites for hydroxylation is 1. The molecule has 3 atom stereocenters. The van der Waals surface area contributed by atoms with Gasteiger partial charge in [-0.1, -0.05) is 11.6 Å². The van der Waals surface area contributed by atoms with Gasteiger partial charge in [-0.2, -0.15) is 0 Å². The molecule has 28 heavy (non-hydrogen) atoms. The maximum absolute atomic E-state index is 12.9. The molecule has 5 heteroatoms. The molecule has 0 saturated carbocycles. The first kappa shape index (κ1) is 18.5. The Balaban J connectivity index is 1.48. The zero-order valence-electron chi connectivity index (χ0n) is 17.0. The predicted molar refractivity (Wildman–Crippen MR) is 114 cm³/mol. The Morgan fingerprint density at radius 1 is 1.21 bits per heavy atom. The molecule has 0 aliphatic carbocycles. The van der Waals surface area contributed by atoms with Crippen LogP contribution in [0.4, 0.5) is 0 Å². The van der Waals surface area contributed by atoms with E-state index in [4.69, 9.17) is 11.6 Å². The number of rotatable bonds is 3. The van der Waals surface area contributed by atoms with Crippen molar-refractivity contribution in [3.8, 4) is 0 Å². The first-order valence-electron chi connectivity index (χ1n) is 10.9. The first-order valence-corrected chi connectivity index (χ1v) is 11.2. The van der Waals surface area contributed by atoms with E-state index in [0.29, 0.717) is 30.5 Å². The smallest absolute Gasteiger partial charge is 0.224 e. The third-order valence-electron chi connectivity index (χ3n) is 7.45. The minimum absolute atomic E-state index is 0.313. The van der Waals surface area contributed by atoms with Crippen molar-refractivity contribution in [1.82, 2.24) is 14.4 Å². The van der Waals surface area contributed by atoms with Crippen molar-refractivity contribution in [3.63, 3.8) is 0 Å². The van der Waals surface area contributed by atoms with Gasteiger partial charge in [0.05, 0.1) is 0 Å². The Bertz CT molecular complexity index is 920. The standard InChI is InChI=1S/C23H30ClN3O/c1-15-5-3-4-11-26(15)22(28)10-12-27-19-8-6-16(24)13-18(19)23-20-9-7-17(25(20)2)14-21(23)27/h6,8,13,15,17,20H,3-5,7,9-12,14H2,1-2H3/t15-,17?,20?/m0/s1. The van der Waals surface area contributed by atoms with Gasteiger partial charge in [-0.15, -0.1) is 0 Å². The average Bonchev–Trinajstić information content (AvgIpc) is 3.09. The first-order chi connectivity index (χ1) is 13.5. The van der Waals surface area contributed by atoms with Crippen molar-refractivity contribution < 1.29 is 4.79 Å². The number of halogens is 1. The second kappa shape index (κ2) is 7.07. The summed E-state index contributed by atoms with van der Waals surface area (Å²) >= 11 is 6.37. The van der Waals surface area contributed by atoms with E-state index in [2.05, 4.69) is 40.5 Å². The van der Waals surface area contributed by atoms with Crippen molar-refractivity contribution in [2.75, 3.05) is 13.6 Å². The number of carbonyl (C=O) groups is 1. The van der Waals surface area contributed by atoms with E-state index in [0.717, 1.165) is 37.4 Å². The predicted octanol–water partition coefficient (Wildman–Crippen LogP) is 4.78. The molecule has 2 aromatic rings. The van der Waals surface area contributed by atoms with Crippen LogP contribution in [0.3, 0.4) is 0 Å². The van der Waals surface area contributed by atoms with E-state index in [9.17, 15) is 4.79 Å². The second-order valence-corrected chi connectivity index (χ2v) is 9.41. The van der Waals surface area contributed by atoms with Gasteiger partial charge in [-0.05, 0) is 69.8 Å². The molecule has 150 valence electrons. The van der Waals surface area contributed by atoms with Crippen LogP contribution >= 0.6 is 11.6 Å². The van der Waals surface area contributed by atoms with E-state index in [1.807, 2.05) is 6.07 Å². The van der Waals surface area contributed by atoms with Gasteiger partial charge in [0.25, 0.3) is 0 Å². The van der Waals surface area contributed by atoms with E-state index >= 15 is 0 Å². The molecule has 2 unspecified atom stereocenters. The molecule has 4 nitrogen and oxygen atoms in total. The fraction of sp³-hybridized carbons (Fsp3) is 0.609. The van der Waals surface area contributed by atoms with E-state index in [-0.39, 0.29) is 0 Å². The van der Waals surface area contributed by atoms with Crippen LogP contribution in [0.25, 0.3) is 10.9 Å². The molecular weight excluding hydrogens is 370 g/mol. The van der Waals surface area contributed by atoms with E-state index in [1.165, 1.54) is 41.4 Å². The number of hydrogen-bond donors (Lipinski definition) is 0. The minimum atomic E-state index is 0.313. The summed E-state index contributed by atoms with van der Waals surface area (Å²) in [5.41, 5.74) is 4.16. The van der Waals surface area contributed by atoms with Gasteiger partial charge >= 0.3 is 0 Å². The number of likely N-dealkylation sites (N-methyl/N-ethyl adjacent to an activating group) is 1. The Kier molecular flexibility index (Phi) is 4.67. The average molecular weight is 400 g/mol. The molecule has 3 aliphatic rings. The van der Waals surface area contributed by atoms with Crippen LogP contribution in [-0.2, 0) is 17.8 Å². The lowest BCUT2D eigenvalue weighted by Crippen LogP contribution is -2.42. The molecule has 1 aromatic heterocycles. The number of nitrogens with zero attached hydrogens (tertiary/aromatic N) is 3. The molecule has 0 spiro atoms. The van der Waals surface area contributed by atoms with Crippen LogP contribution in [0, 0.1) is 0 Å². The highest BCUT2D eigenvalue weighted by molar-refractivity contribution is 6.31. The second-order valence-electron chi connectivity index (χ2n) is 8.97. The van der Waals surface area contributed by atoms with Crippen molar-refractivity contribution in [2.45, 2.75) is 76.5 Å². The molecule has 2 saturated heterocycles. The molecule has 3 aliphatic heterocycles. The summed E-state index contributed by atoms with van der Waals surface area (Å²) in [5.74, 6) is 0.313. The lowest BCUT2D eigenvalue weighted by Gasteiger charge is -2.34. The van der Waals surface area contributed by atoms with Gasteiger partial charge in [0, 0.05) is 65.7 Å². The number of aromatic nitrogens is 1. The van der Waals surface area contributed by atoms with E-state index < -0.39 is 0 Å². The third kappa shape index (κ3) is 2.88. The fourth-order valence-electron chi connectivity index (χ4n) is 5.90. The van der Waals surface area contributed by atoms with Crippen molar-refractivity contribution in [3.05, 3.63) is 34.5 Å². The fourth-order valence-corrected chi connectivity index (χ4v) is 6.07. The molecule has 1 amide bonds. The van der Waals surface area contributed by atoms with Gasteiger partial charge < -0.3 is 9.47 Å². The Morgan fingerprint density at radius 3 is 2.89 bits per heavy atom.